The van der Waals surface area contributed by atoms with Crippen molar-refractivity contribution >= 4 is 33.3 Å². The molecule has 10 heteroatoms. The van der Waals surface area contributed by atoms with E-state index in [9.17, 15) is 18.3 Å². The van der Waals surface area contributed by atoms with E-state index in [1.165, 1.54) is 22.5 Å². The molecule has 2 bridgehead atoms. The molecule has 2 aromatic rings. The number of hydrogen-bond acceptors (Lipinski definition) is 7. The Hall–Kier alpha value is -2.33. The summed E-state index contributed by atoms with van der Waals surface area (Å²) in [5.41, 5.74) is 0.809. The van der Waals surface area contributed by atoms with Gasteiger partial charge < -0.3 is 19.5 Å². The first-order valence-corrected chi connectivity index (χ1v) is 16.1. The second-order valence-corrected chi connectivity index (χ2v) is 14.0. The molecule has 0 radical (unpaired) electrons. The van der Waals surface area contributed by atoms with Crippen molar-refractivity contribution in [2.24, 2.45) is 0 Å². The zero-order chi connectivity index (χ0) is 28.5. The molecule has 2 aliphatic heterocycles. The largest absolute Gasteiger partial charge is 0.490 e. The topological polar surface area (TPSA) is 96.4 Å². The fourth-order valence-electron chi connectivity index (χ4n) is 6.52. The zero-order valence-electron chi connectivity index (χ0n) is 23.3. The second kappa shape index (κ2) is 11.5. The van der Waals surface area contributed by atoms with Crippen LogP contribution in [0.15, 0.2) is 36.4 Å². The monoisotopic (exact) mass is 590 g/mol. The summed E-state index contributed by atoms with van der Waals surface area (Å²) in [4.78, 5) is 15.3. The fourth-order valence-corrected chi connectivity index (χ4v) is 8.15. The first kappa shape index (κ1) is 29.2. The van der Waals surface area contributed by atoms with Gasteiger partial charge in [-0.1, -0.05) is 43.0 Å². The highest BCUT2D eigenvalue weighted by Gasteiger charge is 2.46. The number of carbonyl (C=O) groups is 1. The maximum absolute atomic E-state index is 13.3. The molecule has 2 heterocycles. The summed E-state index contributed by atoms with van der Waals surface area (Å²) < 4.78 is 39.2. The fraction of sp³-hybridized carbons (Fsp3) is 0.567. The lowest BCUT2D eigenvalue weighted by molar-refractivity contribution is -0.161. The van der Waals surface area contributed by atoms with Gasteiger partial charge in [0.25, 0.3) is 0 Å². The van der Waals surface area contributed by atoms with E-state index in [4.69, 9.17) is 21.1 Å². The van der Waals surface area contributed by atoms with Crippen molar-refractivity contribution < 1.29 is 27.8 Å². The number of carbonyl (C=O) groups excluding carboxylic acids is 1. The predicted molar refractivity (Wildman–Crippen MR) is 156 cm³/mol. The van der Waals surface area contributed by atoms with Gasteiger partial charge in [-0.3, -0.25) is 0 Å². The van der Waals surface area contributed by atoms with Gasteiger partial charge in [0.15, 0.2) is 0 Å². The number of hydrogen-bond donors (Lipinski definition) is 1. The zero-order valence-corrected chi connectivity index (χ0v) is 24.9. The number of benzene rings is 2. The van der Waals surface area contributed by atoms with Crippen molar-refractivity contribution in [3.63, 3.8) is 0 Å². The van der Waals surface area contributed by atoms with Gasteiger partial charge in [-0.05, 0) is 73.1 Å². The summed E-state index contributed by atoms with van der Waals surface area (Å²) in [6, 6.07) is 11.2. The van der Waals surface area contributed by atoms with Crippen LogP contribution in [-0.2, 0) is 37.0 Å². The number of sulfonamides is 1. The average Bonchev–Trinajstić information content (AvgIpc) is 3.08. The molecule has 0 amide bonds. The van der Waals surface area contributed by atoms with Crippen LogP contribution in [0.1, 0.15) is 61.6 Å². The lowest BCUT2D eigenvalue weighted by atomic mass is 9.70. The molecular formula is C30H39ClN2O6S. The van der Waals surface area contributed by atoms with Crippen molar-refractivity contribution in [3.05, 3.63) is 58.1 Å². The maximum atomic E-state index is 13.3. The number of fused-ring (bicyclic) bond motifs is 3. The minimum atomic E-state index is -3.97. The predicted octanol–water partition coefficient (Wildman–Crippen LogP) is 4.40. The van der Waals surface area contributed by atoms with Crippen LogP contribution in [0.5, 0.6) is 5.75 Å². The lowest BCUT2D eigenvalue weighted by Gasteiger charge is -2.41. The minimum Gasteiger partial charge on any atom is -0.490 e. The van der Waals surface area contributed by atoms with Crippen LogP contribution in [0, 0.1) is 0 Å². The molecular weight excluding hydrogens is 552 g/mol. The molecule has 3 aliphatic rings. The summed E-state index contributed by atoms with van der Waals surface area (Å²) in [5, 5.41) is 12.4. The highest BCUT2D eigenvalue weighted by molar-refractivity contribution is 7.89. The Kier molecular flexibility index (Phi) is 8.39. The first-order valence-electron chi connectivity index (χ1n) is 14.1. The van der Waals surface area contributed by atoms with Gasteiger partial charge in [-0.25, -0.2) is 17.5 Å². The van der Waals surface area contributed by atoms with E-state index in [-0.39, 0.29) is 11.0 Å². The Morgan fingerprint density at radius 2 is 1.80 bits per heavy atom. The third kappa shape index (κ3) is 5.58. The molecule has 0 aromatic heterocycles. The number of aryl methyl sites for hydroxylation is 1. The maximum Gasteiger partial charge on any atom is 0.343 e. The van der Waals surface area contributed by atoms with Crippen molar-refractivity contribution in [1.82, 2.24) is 4.31 Å². The van der Waals surface area contributed by atoms with Gasteiger partial charge in [0.1, 0.15) is 11.5 Å². The quantitative estimate of drug-likeness (QED) is 0.492. The second-order valence-electron chi connectivity index (χ2n) is 11.5. The van der Waals surface area contributed by atoms with Gasteiger partial charge in [0, 0.05) is 37.1 Å². The highest BCUT2D eigenvalue weighted by atomic mass is 35.5. The smallest absolute Gasteiger partial charge is 0.343 e. The number of methoxy groups -OCH3 is 1. The summed E-state index contributed by atoms with van der Waals surface area (Å²) in [5.74, 6) is -1.16. The summed E-state index contributed by atoms with van der Waals surface area (Å²) >= 11 is 6.36. The number of anilines is 1. The number of ether oxygens (including phenoxy) is 2. The SMILES string of the molecule is COC(=O)[C@@]1(O)CS(=O)(=O)N(C)CCCCCCCN2C[C@@]3(CCCc4cc(Cl)ccc43)COc3ccc1cc32. The summed E-state index contributed by atoms with van der Waals surface area (Å²) in [6.45, 7) is 2.30. The minimum absolute atomic E-state index is 0.172. The normalized spacial score (nSPS) is 27.4. The van der Waals surface area contributed by atoms with Crippen LogP contribution < -0.4 is 9.64 Å². The number of esters is 1. The average molecular weight is 591 g/mol. The first-order chi connectivity index (χ1) is 19.1. The van der Waals surface area contributed by atoms with Crippen LogP contribution in [0.25, 0.3) is 0 Å². The van der Waals surface area contributed by atoms with Gasteiger partial charge in [0.05, 0.1) is 19.4 Å². The Morgan fingerprint density at radius 1 is 1.05 bits per heavy atom. The van der Waals surface area contributed by atoms with Crippen LogP contribution in [0.3, 0.4) is 0 Å². The standard InChI is InChI=1S/C30H39ClN2O6S/c1-32-15-6-4-3-5-7-16-33-19-29(14-8-9-22-17-24(31)11-12-25(22)29)20-39-27-13-10-23(18-26(27)33)30(35,28(34)38-2)21-40(32,36)37/h10-13,17-18,35H,3-9,14-16,19-21H2,1-2H3/t29-,30+/m0/s1. The van der Waals surface area contributed by atoms with Gasteiger partial charge in [-0.15, -0.1) is 0 Å². The van der Waals surface area contributed by atoms with E-state index >= 15 is 0 Å². The van der Waals surface area contributed by atoms with E-state index < -0.39 is 27.3 Å². The summed E-state index contributed by atoms with van der Waals surface area (Å²) in [7, 11) is -1.32. The van der Waals surface area contributed by atoms with E-state index in [0.717, 1.165) is 69.3 Å². The number of halogens is 1. The Labute approximate surface area is 242 Å². The molecule has 218 valence electrons. The Balaban J connectivity index is 1.61. The summed E-state index contributed by atoms with van der Waals surface area (Å²) in [6.07, 6.45) is 7.57. The molecule has 2 aromatic carbocycles. The molecule has 1 aliphatic carbocycles. The third-order valence-electron chi connectivity index (χ3n) is 8.81. The van der Waals surface area contributed by atoms with Crippen LogP contribution >= 0.6 is 11.6 Å². The molecule has 2 atom stereocenters. The number of rotatable bonds is 1. The van der Waals surface area contributed by atoms with E-state index in [0.29, 0.717) is 31.9 Å². The highest BCUT2D eigenvalue weighted by Crippen LogP contribution is 2.45. The molecule has 1 spiro atoms. The van der Waals surface area contributed by atoms with Crippen LogP contribution in [0.2, 0.25) is 5.02 Å². The van der Waals surface area contributed by atoms with E-state index in [1.54, 1.807) is 18.2 Å². The van der Waals surface area contributed by atoms with E-state index in [1.807, 2.05) is 6.07 Å². The van der Waals surface area contributed by atoms with Crippen molar-refractivity contribution in [1.29, 1.82) is 0 Å². The van der Waals surface area contributed by atoms with Crippen molar-refractivity contribution in [3.8, 4) is 5.75 Å². The molecule has 8 nitrogen and oxygen atoms in total. The van der Waals surface area contributed by atoms with Crippen molar-refractivity contribution in [2.75, 3.05) is 51.1 Å². The van der Waals surface area contributed by atoms with Crippen molar-refractivity contribution in [2.45, 2.75) is 62.4 Å². The molecule has 0 fully saturated rings. The number of aliphatic hydroxyl groups is 1. The van der Waals surface area contributed by atoms with Gasteiger partial charge in [0.2, 0.25) is 15.6 Å². The molecule has 40 heavy (non-hydrogen) atoms. The Morgan fingerprint density at radius 3 is 2.58 bits per heavy atom. The molecule has 1 N–H and O–H groups in total. The number of nitrogens with zero attached hydrogens (tertiary/aromatic N) is 2. The third-order valence-corrected chi connectivity index (χ3v) is 11.0. The van der Waals surface area contributed by atoms with E-state index in [2.05, 4.69) is 17.0 Å². The van der Waals surface area contributed by atoms with Crippen LogP contribution in [-0.4, -0.2) is 70.0 Å². The Bertz CT molecular complexity index is 1370. The van der Waals surface area contributed by atoms with Gasteiger partial charge >= 0.3 is 5.97 Å². The molecule has 0 saturated carbocycles. The molecule has 5 rings (SSSR count). The lowest BCUT2D eigenvalue weighted by Crippen LogP contribution is -2.47. The van der Waals surface area contributed by atoms with Crippen LogP contribution in [0.4, 0.5) is 5.69 Å². The molecule has 0 unspecified atom stereocenters. The molecule has 0 saturated heterocycles. The van der Waals surface area contributed by atoms with Gasteiger partial charge in [-0.2, -0.15) is 0 Å².